The number of nitrogens with one attached hydrogen (secondary N) is 2. The second-order valence-electron chi connectivity index (χ2n) is 6.14. The van der Waals surface area contributed by atoms with Gasteiger partial charge in [0.15, 0.2) is 0 Å². The molecule has 0 aromatic heterocycles. The van der Waals surface area contributed by atoms with Gasteiger partial charge >= 0.3 is 0 Å². The van der Waals surface area contributed by atoms with Crippen LogP contribution in [0.15, 0.2) is 18.2 Å². The molecule has 0 saturated heterocycles. The van der Waals surface area contributed by atoms with E-state index in [-0.39, 0.29) is 17.9 Å². The highest BCUT2D eigenvalue weighted by molar-refractivity contribution is 5.93. The average molecular weight is 305 g/mol. The predicted octanol–water partition coefficient (Wildman–Crippen LogP) is 0.762. The van der Waals surface area contributed by atoms with Gasteiger partial charge in [-0.2, -0.15) is 0 Å². The average Bonchev–Trinajstić information content (AvgIpc) is 2.52. The van der Waals surface area contributed by atoms with Crippen molar-refractivity contribution in [3.63, 3.8) is 0 Å². The van der Waals surface area contributed by atoms with E-state index in [4.69, 9.17) is 10.9 Å². The van der Waals surface area contributed by atoms with E-state index in [0.717, 1.165) is 18.4 Å². The molecule has 6 nitrogen and oxygen atoms in total. The van der Waals surface area contributed by atoms with Crippen molar-refractivity contribution in [1.29, 1.82) is 0 Å². The van der Waals surface area contributed by atoms with Crippen LogP contribution in [-0.2, 0) is 17.6 Å². The van der Waals surface area contributed by atoms with Crippen LogP contribution < -0.4 is 16.5 Å². The van der Waals surface area contributed by atoms with Crippen LogP contribution in [0.4, 0.5) is 0 Å². The monoisotopic (exact) mass is 305 g/mol. The molecular weight excluding hydrogens is 282 g/mol. The summed E-state index contributed by atoms with van der Waals surface area (Å²) in [5.74, 6) is -0.570. The SMILES string of the molecule is CC(C)C(N)C(=O)NC1CCc2ccc(C(=O)NO)cc2C1. The van der Waals surface area contributed by atoms with Crippen LogP contribution >= 0.6 is 0 Å². The highest BCUT2D eigenvalue weighted by atomic mass is 16.5. The molecule has 1 aromatic carbocycles. The maximum atomic E-state index is 12.1. The van der Waals surface area contributed by atoms with Gasteiger partial charge in [0.25, 0.3) is 5.91 Å². The van der Waals surface area contributed by atoms with E-state index >= 15 is 0 Å². The number of carbonyl (C=O) groups excluding carboxylic acids is 2. The fourth-order valence-electron chi connectivity index (χ4n) is 2.69. The van der Waals surface area contributed by atoms with Crippen LogP contribution in [0.25, 0.3) is 0 Å². The molecule has 6 heteroatoms. The Balaban J connectivity index is 2.07. The van der Waals surface area contributed by atoms with Crippen LogP contribution in [0.3, 0.4) is 0 Å². The number of amides is 2. The molecular formula is C16H23N3O3. The third-order valence-electron chi connectivity index (χ3n) is 4.17. The largest absolute Gasteiger partial charge is 0.352 e. The predicted molar refractivity (Wildman–Crippen MR) is 82.5 cm³/mol. The molecule has 0 aliphatic heterocycles. The van der Waals surface area contributed by atoms with Crippen LogP contribution in [0, 0.1) is 5.92 Å². The molecule has 0 heterocycles. The van der Waals surface area contributed by atoms with Gasteiger partial charge in [-0.25, -0.2) is 5.48 Å². The summed E-state index contributed by atoms with van der Waals surface area (Å²) in [6.45, 7) is 3.83. The molecule has 5 N–H and O–H groups in total. The van der Waals surface area contributed by atoms with Crippen molar-refractivity contribution in [2.24, 2.45) is 11.7 Å². The third kappa shape index (κ3) is 3.64. The molecule has 0 bridgehead atoms. The van der Waals surface area contributed by atoms with Gasteiger partial charge in [0.2, 0.25) is 5.91 Å². The maximum absolute atomic E-state index is 12.1. The summed E-state index contributed by atoms with van der Waals surface area (Å²) in [6.07, 6.45) is 2.37. The Morgan fingerprint density at radius 1 is 1.32 bits per heavy atom. The standard InChI is InChI=1S/C16H23N3O3/c1-9(2)14(17)16(21)18-13-6-5-10-3-4-11(15(20)19-22)7-12(10)8-13/h3-4,7,9,13-14,22H,5-6,8,17H2,1-2H3,(H,18,21)(H,19,20). The molecule has 0 radical (unpaired) electrons. The topological polar surface area (TPSA) is 104 Å². The Kier molecular flexibility index (Phi) is 5.15. The quantitative estimate of drug-likeness (QED) is 0.487. The van der Waals surface area contributed by atoms with E-state index in [9.17, 15) is 9.59 Å². The number of fused-ring (bicyclic) bond motifs is 1. The van der Waals surface area contributed by atoms with E-state index in [1.54, 1.807) is 17.6 Å². The first-order valence-corrected chi connectivity index (χ1v) is 7.54. The van der Waals surface area contributed by atoms with Crippen molar-refractivity contribution in [3.8, 4) is 0 Å². The molecule has 2 atom stereocenters. The summed E-state index contributed by atoms with van der Waals surface area (Å²) in [5, 5.41) is 11.7. The zero-order valence-corrected chi connectivity index (χ0v) is 12.9. The van der Waals surface area contributed by atoms with E-state index in [0.29, 0.717) is 12.0 Å². The molecule has 1 aliphatic rings. The lowest BCUT2D eigenvalue weighted by Crippen LogP contribution is -2.49. The van der Waals surface area contributed by atoms with E-state index in [1.807, 2.05) is 19.9 Å². The Bertz CT molecular complexity index is 572. The first-order valence-electron chi connectivity index (χ1n) is 7.54. The highest BCUT2D eigenvalue weighted by Gasteiger charge is 2.24. The Hall–Kier alpha value is -1.92. The van der Waals surface area contributed by atoms with Gasteiger partial charge in [0.1, 0.15) is 0 Å². The lowest BCUT2D eigenvalue weighted by molar-refractivity contribution is -0.124. The molecule has 0 fully saturated rings. The minimum atomic E-state index is -0.532. The number of hydrogen-bond acceptors (Lipinski definition) is 4. The number of hydroxylamine groups is 1. The van der Waals surface area contributed by atoms with Crippen molar-refractivity contribution >= 4 is 11.8 Å². The van der Waals surface area contributed by atoms with Crippen molar-refractivity contribution in [1.82, 2.24) is 10.8 Å². The molecule has 1 aliphatic carbocycles. The van der Waals surface area contributed by atoms with Crippen molar-refractivity contribution < 1.29 is 14.8 Å². The van der Waals surface area contributed by atoms with Crippen LogP contribution in [0.2, 0.25) is 0 Å². The minimum Gasteiger partial charge on any atom is -0.352 e. The van der Waals surface area contributed by atoms with Gasteiger partial charge in [-0.05, 0) is 48.4 Å². The number of benzene rings is 1. The molecule has 120 valence electrons. The number of carbonyl (C=O) groups is 2. The zero-order chi connectivity index (χ0) is 16.3. The summed E-state index contributed by atoms with van der Waals surface area (Å²) in [4.78, 5) is 23.5. The fourth-order valence-corrected chi connectivity index (χ4v) is 2.69. The lowest BCUT2D eigenvalue weighted by Gasteiger charge is -2.27. The molecule has 2 unspecified atom stereocenters. The first kappa shape index (κ1) is 16.5. The molecule has 22 heavy (non-hydrogen) atoms. The van der Waals surface area contributed by atoms with Gasteiger partial charge in [-0.1, -0.05) is 19.9 Å². The van der Waals surface area contributed by atoms with Crippen molar-refractivity contribution in [2.75, 3.05) is 0 Å². The molecule has 2 amide bonds. The summed E-state index contributed by atoms with van der Waals surface area (Å²) in [6, 6.07) is 4.88. The van der Waals surface area contributed by atoms with E-state index in [1.165, 1.54) is 5.56 Å². The van der Waals surface area contributed by atoms with Crippen molar-refractivity contribution in [2.45, 2.75) is 45.2 Å². The lowest BCUT2D eigenvalue weighted by atomic mass is 9.87. The van der Waals surface area contributed by atoms with Crippen LogP contribution in [0.5, 0.6) is 0 Å². The minimum absolute atomic E-state index is 0.0252. The molecule has 0 spiro atoms. The Morgan fingerprint density at radius 2 is 2.05 bits per heavy atom. The molecule has 0 saturated carbocycles. The summed E-state index contributed by atoms with van der Waals surface area (Å²) in [7, 11) is 0. The maximum Gasteiger partial charge on any atom is 0.274 e. The normalized spacial score (nSPS) is 18.5. The molecule has 1 aromatic rings. The fraction of sp³-hybridized carbons (Fsp3) is 0.500. The number of rotatable bonds is 4. The Morgan fingerprint density at radius 3 is 2.68 bits per heavy atom. The van der Waals surface area contributed by atoms with Crippen LogP contribution in [0.1, 0.15) is 41.8 Å². The summed E-state index contributed by atoms with van der Waals surface area (Å²) < 4.78 is 0. The van der Waals surface area contributed by atoms with Crippen molar-refractivity contribution in [3.05, 3.63) is 34.9 Å². The van der Waals surface area contributed by atoms with Gasteiger partial charge in [0.05, 0.1) is 6.04 Å². The number of nitrogens with two attached hydrogens (primary N) is 1. The van der Waals surface area contributed by atoms with Gasteiger partial charge in [0, 0.05) is 11.6 Å². The van der Waals surface area contributed by atoms with Gasteiger partial charge in [-0.15, -0.1) is 0 Å². The van der Waals surface area contributed by atoms with E-state index < -0.39 is 11.9 Å². The number of hydrogen-bond donors (Lipinski definition) is 4. The van der Waals surface area contributed by atoms with Gasteiger partial charge in [-0.3, -0.25) is 14.8 Å². The summed E-state index contributed by atoms with van der Waals surface area (Å²) in [5.41, 5.74) is 10.1. The smallest absolute Gasteiger partial charge is 0.274 e. The number of aryl methyl sites for hydroxylation is 1. The summed E-state index contributed by atoms with van der Waals surface area (Å²) >= 11 is 0. The second kappa shape index (κ2) is 6.89. The van der Waals surface area contributed by atoms with Crippen LogP contribution in [-0.4, -0.2) is 29.1 Å². The van der Waals surface area contributed by atoms with E-state index in [2.05, 4.69) is 5.32 Å². The molecule has 2 rings (SSSR count). The highest BCUT2D eigenvalue weighted by Crippen LogP contribution is 2.23. The zero-order valence-electron chi connectivity index (χ0n) is 12.9. The second-order valence-corrected chi connectivity index (χ2v) is 6.14. The first-order chi connectivity index (χ1) is 10.4. The third-order valence-corrected chi connectivity index (χ3v) is 4.17. The Labute approximate surface area is 130 Å². The van der Waals surface area contributed by atoms with Gasteiger partial charge < -0.3 is 11.1 Å².